The molecule has 0 aliphatic carbocycles. The van der Waals surface area contributed by atoms with Crippen LogP contribution in [-0.4, -0.2) is 54.1 Å². The maximum atomic E-state index is 11.6. The Morgan fingerprint density at radius 1 is 1.32 bits per heavy atom. The molecule has 0 radical (unpaired) electrons. The molecule has 3 aliphatic heterocycles. The quantitative estimate of drug-likeness (QED) is 0.806. The molecule has 4 rings (SSSR count). The summed E-state index contributed by atoms with van der Waals surface area (Å²) in [5, 5.41) is 9.88. The predicted octanol–water partition coefficient (Wildman–Crippen LogP) is 4.12. The Morgan fingerprint density at radius 2 is 2.07 bits per heavy atom. The highest BCUT2D eigenvalue weighted by Crippen LogP contribution is 2.46. The highest BCUT2D eigenvalue weighted by atomic mass is 35.5. The summed E-state index contributed by atoms with van der Waals surface area (Å²) in [4.78, 5) is 14.1. The first-order chi connectivity index (χ1) is 13.4. The van der Waals surface area contributed by atoms with E-state index in [1.165, 1.54) is 12.5 Å². The van der Waals surface area contributed by atoms with Crippen molar-refractivity contribution in [3.63, 3.8) is 0 Å². The van der Waals surface area contributed by atoms with Gasteiger partial charge in [-0.3, -0.25) is 0 Å². The predicted molar refractivity (Wildman–Crippen MR) is 105 cm³/mol. The van der Waals surface area contributed by atoms with Gasteiger partial charge in [0.05, 0.1) is 17.8 Å². The summed E-state index contributed by atoms with van der Waals surface area (Å²) in [5.41, 5.74) is 0.702. The van der Waals surface area contributed by atoms with Gasteiger partial charge in [-0.05, 0) is 57.8 Å². The van der Waals surface area contributed by atoms with Crippen molar-refractivity contribution >= 4 is 17.6 Å². The molecular formula is C21H28ClNO5. The third kappa shape index (κ3) is 3.88. The minimum Gasteiger partial charge on any atom is -0.478 e. The van der Waals surface area contributed by atoms with E-state index in [2.05, 4.69) is 4.90 Å². The van der Waals surface area contributed by atoms with Gasteiger partial charge in [0.1, 0.15) is 5.75 Å². The van der Waals surface area contributed by atoms with Gasteiger partial charge in [-0.1, -0.05) is 11.6 Å². The Hall–Kier alpha value is -1.34. The van der Waals surface area contributed by atoms with Crippen LogP contribution < -0.4 is 4.74 Å². The lowest BCUT2D eigenvalue weighted by Gasteiger charge is -2.46. The third-order valence-electron chi connectivity index (χ3n) is 6.28. The van der Waals surface area contributed by atoms with E-state index >= 15 is 0 Å². The summed E-state index contributed by atoms with van der Waals surface area (Å²) in [6, 6.07) is 3.16. The van der Waals surface area contributed by atoms with Gasteiger partial charge in [-0.25, -0.2) is 4.79 Å². The first-order valence-corrected chi connectivity index (χ1v) is 10.5. The standard InChI is InChI=1S/C21H28ClNO5/c1-13-19-17(20(24)25)10-15(22)11-18(19)28-21(2,27-13)14-5-7-23(8-6-14)12-16-4-3-9-26-16/h10-11,13-14,16H,3-9,12H2,1-2H3,(H,24,25). The van der Waals surface area contributed by atoms with Crippen LogP contribution in [0.5, 0.6) is 5.75 Å². The average molecular weight is 410 g/mol. The zero-order chi connectivity index (χ0) is 19.9. The van der Waals surface area contributed by atoms with Crippen molar-refractivity contribution in [3.05, 3.63) is 28.3 Å². The minimum atomic E-state index is -1.02. The van der Waals surface area contributed by atoms with E-state index < -0.39 is 11.8 Å². The smallest absolute Gasteiger partial charge is 0.336 e. The molecule has 3 atom stereocenters. The van der Waals surface area contributed by atoms with Gasteiger partial charge in [0.25, 0.3) is 0 Å². The van der Waals surface area contributed by atoms with Gasteiger partial charge >= 0.3 is 5.97 Å². The summed E-state index contributed by atoms with van der Waals surface area (Å²) in [6.45, 7) is 7.72. The lowest BCUT2D eigenvalue weighted by molar-refractivity contribution is -0.250. The number of fused-ring (bicyclic) bond motifs is 1. The van der Waals surface area contributed by atoms with Crippen LogP contribution in [0.4, 0.5) is 0 Å². The van der Waals surface area contributed by atoms with Gasteiger partial charge in [-0.2, -0.15) is 0 Å². The van der Waals surface area contributed by atoms with Crippen LogP contribution in [0, 0.1) is 5.92 Å². The van der Waals surface area contributed by atoms with Crippen LogP contribution in [0.25, 0.3) is 0 Å². The molecule has 3 heterocycles. The molecule has 154 valence electrons. The van der Waals surface area contributed by atoms with Gasteiger partial charge in [0, 0.05) is 36.6 Å². The summed E-state index contributed by atoms with van der Waals surface area (Å²) in [5.74, 6) is -1.06. The SMILES string of the molecule is CC1OC(C)(C2CCN(CC3CCCO3)CC2)Oc2cc(Cl)cc(C(=O)O)c21. The second kappa shape index (κ2) is 7.82. The zero-order valence-corrected chi connectivity index (χ0v) is 17.2. The highest BCUT2D eigenvalue weighted by Gasteiger charge is 2.45. The van der Waals surface area contributed by atoms with Crippen molar-refractivity contribution in [3.8, 4) is 5.75 Å². The van der Waals surface area contributed by atoms with E-state index in [4.69, 9.17) is 25.8 Å². The first-order valence-electron chi connectivity index (χ1n) is 10.1. The number of likely N-dealkylation sites (tertiary alicyclic amines) is 1. The molecule has 1 aromatic rings. The Kier molecular flexibility index (Phi) is 5.58. The summed E-state index contributed by atoms with van der Waals surface area (Å²) >= 11 is 6.15. The molecule has 0 bridgehead atoms. The zero-order valence-electron chi connectivity index (χ0n) is 16.4. The largest absolute Gasteiger partial charge is 0.478 e. The van der Waals surface area contributed by atoms with E-state index in [-0.39, 0.29) is 17.6 Å². The van der Waals surface area contributed by atoms with E-state index in [0.717, 1.165) is 45.5 Å². The second-order valence-corrected chi connectivity index (χ2v) is 8.69. The van der Waals surface area contributed by atoms with Crippen LogP contribution in [0.3, 0.4) is 0 Å². The number of carboxylic acid groups (broad SMARTS) is 1. The number of hydrogen-bond donors (Lipinski definition) is 1. The molecule has 28 heavy (non-hydrogen) atoms. The fourth-order valence-corrected chi connectivity index (χ4v) is 5.03. The normalized spacial score (nSPS) is 31.4. The molecule has 7 heteroatoms. The molecular weight excluding hydrogens is 382 g/mol. The summed E-state index contributed by atoms with van der Waals surface area (Å²) in [6.07, 6.45) is 4.26. The van der Waals surface area contributed by atoms with Crippen LogP contribution in [0.15, 0.2) is 12.1 Å². The van der Waals surface area contributed by atoms with E-state index in [1.807, 2.05) is 13.8 Å². The molecule has 2 fully saturated rings. The molecule has 1 aromatic carbocycles. The van der Waals surface area contributed by atoms with Crippen LogP contribution in [0.1, 0.15) is 61.6 Å². The number of carboxylic acids is 1. The summed E-state index contributed by atoms with van der Waals surface area (Å²) in [7, 11) is 0. The van der Waals surface area contributed by atoms with Crippen LogP contribution >= 0.6 is 11.6 Å². The Labute approximate surface area is 170 Å². The van der Waals surface area contributed by atoms with Crippen molar-refractivity contribution < 1.29 is 24.1 Å². The molecule has 1 N–H and O–H groups in total. The average Bonchev–Trinajstić information content (AvgIpc) is 3.14. The van der Waals surface area contributed by atoms with Crippen LogP contribution in [-0.2, 0) is 9.47 Å². The number of benzene rings is 1. The number of nitrogens with zero attached hydrogens (tertiary/aromatic N) is 1. The molecule has 2 saturated heterocycles. The van der Waals surface area contributed by atoms with Crippen molar-refractivity contribution in [1.82, 2.24) is 4.90 Å². The van der Waals surface area contributed by atoms with Crippen molar-refractivity contribution in [2.75, 3.05) is 26.2 Å². The molecule has 0 spiro atoms. The van der Waals surface area contributed by atoms with Gasteiger partial charge < -0.3 is 24.2 Å². The third-order valence-corrected chi connectivity index (χ3v) is 6.50. The van der Waals surface area contributed by atoms with E-state index in [9.17, 15) is 9.90 Å². The number of hydrogen-bond acceptors (Lipinski definition) is 5. The number of halogens is 1. The number of piperidine rings is 1. The molecule has 0 amide bonds. The van der Waals surface area contributed by atoms with Gasteiger partial charge in [0.15, 0.2) is 0 Å². The first kappa shape index (κ1) is 20.0. The van der Waals surface area contributed by atoms with E-state index in [1.54, 1.807) is 6.07 Å². The molecule has 3 unspecified atom stereocenters. The molecule has 6 nitrogen and oxygen atoms in total. The number of rotatable bonds is 4. The van der Waals surface area contributed by atoms with E-state index in [0.29, 0.717) is 22.4 Å². The highest BCUT2D eigenvalue weighted by molar-refractivity contribution is 6.31. The number of ether oxygens (including phenoxy) is 3. The summed E-state index contributed by atoms with van der Waals surface area (Å²) < 4.78 is 18.3. The van der Waals surface area contributed by atoms with Crippen molar-refractivity contribution in [2.45, 2.75) is 57.5 Å². The molecule has 3 aliphatic rings. The maximum absolute atomic E-state index is 11.6. The topological polar surface area (TPSA) is 68.2 Å². The Morgan fingerprint density at radius 3 is 2.71 bits per heavy atom. The lowest BCUT2D eigenvalue weighted by atomic mass is 9.87. The Balaban J connectivity index is 1.47. The monoisotopic (exact) mass is 409 g/mol. The molecule has 0 aromatic heterocycles. The number of aromatic carboxylic acids is 1. The van der Waals surface area contributed by atoms with Crippen molar-refractivity contribution in [2.24, 2.45) is 5.92 Å². The fraction of sp³-hybridized carbons (Fsp3) is 0.667. The van der Waals surface area contributed by atoms with Gasteiger partial charge in [0.2, 0.25) is 5.79 Å². The Bertz CT molecular complexity index is 743. The number of carbonyl (C=O) groups is 1. The van der Waals surface area contributed by atoms with Gasteiger partial charge in [-0.15, -0.1) is 0 Å². The molecule has 0 saturated carbocycles. The van der Waals surface area contributed by atoms with Crippen molar-refractivity contribution in [1.29, 1.82) is 0 Å². The van der Waals surface area contributed by atoms with Crippen LogP contribution in [0.2, 0.25) is 5.02 Å². The minimum absolute atomic E-state index is 0.142. The maximum Gasteiger partial charge on any atom is 0.336 e. The lowest BCUT2D eigenvalue weighted by Crippen LogP contribution is -2.51. The second-order valence-electron chi connectivity index (χ2n) is 8.26. The fourth-order valence-electron chi connectivity index (χ4n) is 4.82.